The van der Waals surface area contributed by atoms with Gasteiger partial charge in [-0.1, -0.05) is 129 Å². The Bertz CT molecular complexity index is 1590. The Hall–Kier alpha value is -0.380. The van der Waals surface area contributed by atoms with Crippen LogP contribution in [-0.4, -0.2) is 20.4 Å². The lowest BCUT2D eigenvalue weighted by Crippen LogP contribution is -1.94. The van der Waals surface area contributed by atoms with E-state index in [0.29, 0.717) is 55.5 Å². The summed E-state index contributed by atoms with van der Waals surface area (Å²) in [5.74, 6) is 0. The van der Waals surface area contributed by atoms with Gasteiger partial charge in [0.15, 0.2) is 10.0 Å². The minimum atomic E-state index is 0.140. The summed E-state index contributed by atoms with van der Waals surface area (Å²) in [6.07, 6.45) is 1.41. The van der Waals surface area contributed by atoms with Crippen LogP contribution in [-0.2, 0) is 12.8 Å². The van der Waals surface area contributed by atoms with E-state index in [1.54, 1.807) is 0 Å². The number of hydrogen-bond donors (Lipinski definition) is 0. The summed E-state index contributed by atoms with van der Waals surface area (Å²) in [6, 6.07) is 0. The van der Waals surface area contributed by atoms with Gasteiger partial charge in [0.05, 0.1) is 51.3 Å². The molecular weight excluding hydrogens is 668 g/mol. The fraction of sp³-hybridized carbons (Fsp3) is 0.182. The van der Waals surface area contributed by atoms with Crippen molar-refractivity contribution in [3.8, 4) is 21.1 Å². The van der Waals surface area contributed by atoms with Crippen LogP contribution in [0.3, 0.4) is 0 Å². The van der Waals surface area contributed by atoms with Crippen molar-refractivity contribution in [1.29, 1.82) is 0 Å². The number of halogens is 8. The van der Waals surface area contributed by atoms with Crippen molar-refractivity contribution < 1.29 is 0 Å². The van der Waals surface area contributed by atoms with E-state index >= 15 is 0 Å². The molecule has 0 fully saturated rings. The number of aromatic nitrogens is 4. The van der Waals surface area contributed by atoms with Crippen molar-refractivity contribution in [2.75, 3.05) is 0 Å². The van der Waals surface area contributed by atoms with Gasteiger partial charge in [-0.25, -0.2) is 0 Å². The van der Waals surface area contributed by atoms with Crippen molar-refractivity contribution in [2.45, 2.75) is 26.7 Å². The number of fused-ring (bicyclic) bond motifs is 2. The van der Waals surface area contributed by atoms with Crippen LogP contribution in [0.25, 0.3) is 42.7 Å². The second-order valence-corrected chi connectivity index (χ2v) is 12.6. The van der Waals surface area contributed by atoms with E-state index < -0.39 is 0 Å². The highest BCUT2D eigenvalue weighted by Gasteiger charge is 2.30. The number of nitrogens with zero attached hydrogens (tertiary/aromatic N) is 4. The Morgan fingerprint density at radius 1 is 0.444 bits per heavy atom. The monoisotopic (exact) mass is 674 g/mol. The normalized spacial score (nSPS) is 11.8. The molecule has 0 unspecified atom stereocenters. The Labute approximate surface area is 253 Å². The quantitative estimate of drug-likeness (QED) is 0.140. The van der Waals surface area contributed by atoms with Crippen molar-refractivity contribution in [3.05, 3.63) is 50.2 Å². The highest BCUT2D eigenvalue weighted by Crippen LogP contribution is 2.56. The van der Waals surface area contributed by atoms with Gasteiger partial charge in [-0.2, -0.15) is 0 Å². The van der Waals surface area contributed by atoms with E-state index in [-0.39, 0.29) is 40.2 Å². The van der Waals surface area contributed by atoms with Crippen LogP contribution >= 0.6 is 115 Å². The molecule has 0 aliphatic carbocycles. The van der Waals surface area contributed by atoms with E-state index in [2.05, 4.69) is 20.4 Å². The zero-order valence-corrected chi connectivity index (χ0v) is 25.7. The van der Waals surface area contributed by atoms with Crippen LogP contribution in [0.15, 0.2) is 0 Å². The highest BCUT2D eigenvalue weighted by molar-refractivity contribution is 7.15. The second kappa shape index (κ2) is 10.3. The lowest BCUT2D eigenvalue weighted by Gasteiger charge is -2.19. The molecule has 5 rings (SSSR count). The molecule has 0 aliphatic rings. The second-order valence-electron chi connectivity index (χ2n) is 7.47. The van der Waals surface area contributed by atoms with E-state index in [9.17, 15) is 0 Å². The zero-order valence-electron chi connectivity index (χ0n) is 18.0. The van der Waals surface area contributed by atoms with Gasteiger partial charge in [0.1, 0.15) is 10.0 Å². The van der Waals surface area contributed by atoms with Crippen LogP contribution in [0.1, 0.15) is 23.9 Å². The first-order valence-corrected chi connectivity index (χ1v) is 14.9. The molecule has 0 saturated carbocycles. The van der Waals surface area contributed by atoms with Gasteiger partial charge in [0, 0.05) is 21.5 Å². The Kier molecular flexibility index (Phi) is 7.79. The summed E-state index contributed by atoms with van der Waals surface area (Å²) in [5, 5.41) is 22.1. The van der Waals surface area contributed by atoms with E-state index in [4.69, 9.17) is 92.8 Å². The molecule has 0 N–H and O–H groups in total. The molecule has 0 atom stereocenters. The topological polar surface area (TPSA) is 51.6 Å². The minimum absolute atomic E-state index is 0.140. The number of hydrogen-bond acceptors (Lipinski definition) is 6. The maximum absolute atomic E-state index is 6.94. The molecule has 0 aliphatic heterocycles. The zero-order chi connectivity index (χ0) is 26.0. The Morgan fingerprint density at radius 3 is 1.08 bits per heavy atom. The maximum Gasteiger partial charge on any atom is 0.150 e. The third-order valence-corrected chi connectivity index (χ3v) is 10.9. The molecule has 36 heavy (non-hydrogen) atoms. The lowest BCUT2D eigenvalue weighted by atomic mass is 9.99. The molecule has 5 aromatic rings. The molecule has 0 spiro atoms. The molecule has 0 amide bonds. The molecule has 3 aromatic carbocycles. The third kappa shape index (κ3) is 4.08. The third-order valence-electron chi connectivity index (χ3n) is 5.49. The molecule has 0 radical (unpaired) electrons. The molecule has 0 saturated heterocycles. The number of rotatable bonds is 4. The van der Waals surface area contributed by atoms with Gasteiger partial charge >= 0.3 is 0 Å². The average molecular weight is 678 g/mol. The largest absolute Gasteiger partial charge is 0.150 e. The first-order valence-electron chi connectivity index (χ1n) is 10.2. The predicted octanol–water partition coefficient (Wildman–Crippen LogP) is 11.4. The van der Waals surface area contributed by atoms with Crippen LogP contribution in [0.4, 0.5) is 0 Å². The van der Waals surface area contributed by atoms with Crippen LogP contribution in [0, 0.1) is 0 Å². The smallest absolute Gasteiger partial charge is 0.143 e. The SMILES string of the molecule is CCc1nnc(-c2c(Cl)c(Cl)c3c(Cl)c4c(Cl)c(-c5nnc(CC)s5)c(Cl)c(Cl)c4c(Cl)c3c2Cl)s1. The van der Waals surface area contributed by atoms with E-state index in [0.717, 1.165) is 10.0 Å². The number of benzene rings is 3. The summed E-state index contributed by atoms with van der Waals surface area (Å²) in [4.78, 5) is 0. The van der Waals surface area contributed by atoms with Crippen molar-refractivity contribution >= 4 is 137 Å². The Morgan fingerprint density at radius 2 is 0.778 bits per heavy atom. The van der Waals surface area contributed by atoms with Crippen LogP contribution in [0.5, 0.6) is 0 Å². The maximum atomic E-state index is 6.94. The summed E-state index contributed by atoms with van der Waals surface area (Å²) in [6.45, 7) is 3.94. The molecule has 186 valence electrons. The first-order chi connectivity index (χ1) is 17.1. The Balaban J connectivity index is 1.95. The van der Waals surface area contributed by atoms with Crippen molar-refractivity contribution in [3.63, 3.8) is 0 Å². The first kappa shape index (κ1) is 27.2. The van der Waals surface area contributed by atoms with Gasteiger partial charge in [0.2, 0.25) is 0 Å². The van der Waals surface area contributed by atoms with E-state index in [1.165, 1.54) is 22.7 Å². The molecule has 0 bridgehead atoms. The highest BCUT2D eigenvalue weighted by atomic mass is 35.5. The van der Waals surface area contributed by atoms with Gasteiger partial charge in [0.25, 0.3) is 0 Å². The fourth-order valence-corrected chi connectivity index (χ4v) is 8.58. The molecule has 2 aromatic heterocycles. The van der Waals surface area contributed by atoms with Crippen LogP contribution in [0.2, 0.25) is 40.2 Å². The average Bonchev–Trinajstić information content (AvgIpc) is 3.52. The number of aryl methyl sites for hydroxylation is 2. The predicted molar refractivity (Wildman–Crippen MR) is 158 cm³/mol. The molecule has 4 nitrogen and oxygen atoms in total. The standard InChI is InChI=1S/C22H10Cl8N4S2/c1-3-5-31-33-21(35-5)11-15(25)7-9(17(27)19(11)29)14(24)8-10(13(7)23)18(28)20(30)12(16(8)26)22-34-32-6(4-2)36-22/h3-4H2,1-2H3. The fourth-order valence-electron chi connectivity index (χ4n) is 3.77. The van der Waals surface area contributed by atoms with E-state index in [1.807, 2.05) is 13.8 Å². The van der Waals surface area contributed by atoms with Crippen molar-refractivity contribution in [2.24, 2.45) is 0 Å². The lowest BCUT2D eigenvalue weighted by molar-refractivity contribution is 0.986. The molecular formula is C22H10Cl8N4S2. The summed E-state index contributed by atoms with van der Waals surface area (Å²) in [5.41, 5.74) is 0.799. The summed E-state index contributed by atoms with van der Waals surface area (Å²) < 4.78 is 0. The molecule has 14 heteroatoms. The minimum Gasteiger partial charge on any atom is -0.143 e. The summed E-state index contributed by atoms with van der Waals surface area (Å²) >= 11 is 57.3. The summed E-state index contributed by atoms with van der Waals surface area (Å²) in [7, 11) is 0. The molecule has 2 heterocycles. The van der Waals surface area contributed by atoms with Gasteiger partial charge in [-0.3, -0.25) is 0 Å². The van der Waals surface area contributed by atoms with Gasteiger partial charge in [-0.15, -0.1) is 20.4 Å². The van der Waals surface area contributed by atoms with Gasteiger partial charge in [-0.05, 0) is 12.8 Å². The van der Waals surface area contributed by atoms with Crippen LogP contribution < -0.4 is 0 Å². The van der Waals surface area contributed by atoms with Gasteiger partial charge < -0.3 is 0 Å². The van der Waals surface area contributed by atoms with Crippen molar-refractivity contribution in [1.82, 2.24) is 20.4 Å².